The number of rotatable bonds is 2. The van der Waals surface area contributed by atoms with Crippen molar-refractivity contribution in [1.82, 2.24) is 0 Å². The maximum atomic E-state index is 2.45. The third kappa shape index (κ3) is 2.19. The molecule has 1 aliphatic rings. The molecule has 0 heterocycles. The van der Waals surface area contributed by atoms with Crippen LogP contribution in [0.4, 0.5) is 0 Å². The topological polar surface area (TPSA) is 0 Å². The number of allylic oxidation sites excluding steroid dienone is 4. The van der Waals surface area contributed by atoms with Gasteiger partial charge in [-0.25, -0.2) is 0 Å². The van der Waals surface area contributed by atoms with Gasteiger partial charge in [-0.1, -0.05) is 37.7 Å². The molecule has 0 spiro atoms. The van der Waals surface area contributed by atoms with Crippen molar-refractivity contribution in [2.75, 3.05) is 0 Å². The Bertz CT molecular complexity index is 300. The monoisotopic (exact) mass is 207 g/mol. The van der Waals surface area contributed by atoms with Gasteiger partial charge in [0.25, 0.3) is 0 Å². The summed E-state index contributed by atoms with van der Waals surface area (Å²) in [4.78, 5) is 0. The molecule has 0 aromatic carbocycles. The largest absolute Gasteiger partial charge is 0.0693 e. The highest BCUT2D eigenvalue weighted by Crippen LogP contribution is 2.41. The lowest BCUT2D eigenvalue weighted by molar-refractivity contribution is 1.12. The van der Waals surface area contributed by atoms with Gasteiger partial charge < -0.3 is 0 Å². The summed E-state index contributed by atoms with van der Waals surface area (Å²) in [7, 11) is -0.970. The second-order valence-corrected chi connectivity index (χ2v) is 11.2. The van der Waals surface area contributed by atoms with Gasteiger partial charge in [-0.15, -0.1) is 0 Å². The van der Waals surface area contributed by atoms with Crippen LogP contribution in [0, 0.1) is 5.92 Å². The molecule has 0 aliphatic heterocycles. The molecule has 0 bridgehead atoms. The van der Waals surface area contributed by atoms with Gasteiger partial charge in [0.1, 0.15) is 0 Å². The standard InChI is InChI=1S/C13H23Si/c1-9-10(2)12(4)13(11(9)3)8-14(5,6)7/h8H2,1-7H3. The molecule has 0 nitrogen and oxygen atoms in total. The van der Waals surface area contributed by atoms with E-state index >= 15 is 0 Å². The highest BCUT2D eigenvalue weighted by molar-refractivity contribution is 6.76. The first-order chi connectivity index (χ1) is 6.24. The lowest BCUT2D eigenvalue weighted by Crippen LogP contribution is -2.21. The molecule has 79 valence electrons. The molecule has 0 aromatic rings. The molecule has 1 rings (SSSR count). The SMILES string of the molecule is C[C]1C(C)=C(C)C(C)=C1C[Si](C)(C)C. The zero-order valence-corrected chi connectivity index (χ0v) is 11.7. The minimum Gasteiger partial charge on any atom is -0.0693 e. The van der Waals surface area contributed by atoms with E-state index in [2.05, 4.69) is 47.3 Å². The van der Waals surface area contributed by atoms with Crippen LogP contribution in [0.2, 0.25) is 25.7 Å². The van der Waals surface area contributed by atoms with Crippen LogP contribution in [-0.2, 0) is 0 Å². The van der Waals surface area contributed by atoms with Crippen LogP contribution in [0.1, 0.15) is 27.7 Å². The van der Waals surface area contributed by atoms with Gasteiger partial charge in [0.15, 0.2) is 0 Å². The van der Waals surface area contributed by atoms with Crippen molar-refractivity contribution in [1.29, 1.82) is 0 Å². The van der Waals surface area contributed by atoms with E-state index in [1.54, 1.807) is 17.1 Å². The molecule has 0 aromatic heterocycles. The molecule has 14 heavy (non-hydrogen) atoms. The maximum Gasteiger partial charge on any atom is 0.0483 e. The Balaban J connectivity index is 2.94. The summed E-state index contributed by atoms with van der Waals surface area (Å²) in [5, 5.41) is 0. The van der Waals surface area contributed by atoms with Gasteiger partial charge in [0.05, 0.1) is 0 Å². The van der Waals surface area contributed by atoms with Crippen LogP contribution in [0.3, 0.4) is 0 Å². The average molecular weight is 207 g/mol. The van der Waals surface area contributed by atoms with Gasteiger partial charge in [-0.2, -0.15) is 0 Å². The van der Waals surface area contributed by atoms with E-state index in [4.69, 9.17) is 0 Å². The Morgan fingerprint density at radius 1 is 0.786 bits per heavy atom. The Hall–Kier alpha value is -0.303. The molecule has 0 N–H and O–H groups in total. The normalized spacial score (nSPS) is 19.9. The summed E-state index contributed by atoms with van der Waals surface area (Å²) in [6.45, 7) is 16.4. The minimum atomic E-state index is -0.970. The van der Waals surface area contributed by atoms with Crippen molar-refractivity contribution in [3.63, 3.8) is 0 Å². The molecule has 0 amide bonds. The summed E-state index contributed by atoms with van der Waals surface area (Å²) in [6, 6.07) is 1.33. The van der Waals surface area contributed by atoms with Gasteiger partial charge in [0, 0.05) is 14.0 Å². The predicted octanol–water partition coefficient (Wildman–Crippen LogP) is 4.59. The fourth-order valence-electron chi connectivity index (χ4n) is 2.09. The van der Waals surface area contributed by atoms with E-state index in [9.17, 15) is 0 Å². The van der Waals surface area contributed by atoms with Crippen molar-refractivity contribution < 1.29 is 0 Å². The highest BCUT2D eigenvalue weighted by Gasteiger charge is 2.27. The Morgan fingerprint density at radius 2 is 1.29 bits per heavy atom. The quantitative estimate of drug-likeness (QED) is 0.581. The van der Waals surface area contributed by atoms with Crippen molar-refractivity contribution in [3.05, 3.63) is 28.2 Å². The van der Waals surface area contributed by atoms with Crippen LogP contribution in [0.5, 0.6) is 0 Å². The van der Waals surface area contributed by atoms with Gasteiger partial charge >= 0.3 is 0 Å². The van der Waals surface area contributed by atoms with E-state index in [1.807, 2.05) is 0 Å². The molecule has 0 saturated heterocycles. The van der Waals surface area contributed by atoms with Crippen LogP contribution in [0.15, 0.2) is 22.3 Å². The molecule has 0 fully saturated rings. The molecule has 0 atom stereocenters. The van der Waals surface area contributed by atoms with Crippen molar-refractivity contribution in [2.45, 2.75) is 53.4 Å². The lowest BCUT2D eigenvalue weighted by Gasteiger charge is -2.21. The fraction of sp³-hybridized carbons (Fsp3) is 0.615. The first-order valence-corrected chi connectivity index (χ1v) is 9.16. The van der Waals surface area contributed by atoms with E-state index in [-0.39, 0.29) is 0 Å². The molecule has 1 heteroatoms. The minimum absolute atomic E-state index is 0.970. The summed E-state index contributed by atoms with van der Waals surface area (Å²) in [5.41, 5.74) is 6.20. The lowest BCUT2D eigenvalue weighted by atomic mass is 10.00. The molecule has 0 unspecified atom stereocenters. The van der Waals surface area contributed by atoms with Crippen LogP contribution < -0.4 is 0 Å². The third-order valence-corrected chi connectivity index (χ3v) is 4.71. The average Bonchev–Trinajstić information content (AvgIpc) is 2.20. The second-order valence-electron chi connectivity index (χ2n) is 5.72. The highest BCUT2D eigenvalue weighted by atomic mass is 28.3. The third-order valence-electron chi connectivity index (χ3n) is 3.30. The Kier molecular flexibility index (Phi) is 3.10. The smallest absolute Gasteiger partial charge is 0.0483 e. The Morgan fingerprint density at radius 3 is 1.57 bits per heavy atom. The molecular weight excluding hydrogens is 184 g/mol. The van der Waals surface area contributed by atoms with Crippen LogP contribution in [0.25, 0.3) is 0 Å². The first-order valence-electron chi connectivity index (χ1n) is 5.46. The fourth-order valence-corrected chi connectivity index (χ4v) is 3.68. The first kappa shape index (κ1) is 11.8. The summed E-state index contributed by atoms with van der Waals surface area (Å²) < 4.78 is 0. The van der Waals surface area contributed by atoms with Gasteiger partial charge in [-0.3, -0.25) is 0 Å². The van der Waals surface area contributed by atoms with Crippen LogP contribution >= 0.6 is 0 Å². The summed E-state index contributed by atoms with van der Waals surface area (Å²) in [5.74, 6) is 1.54. The van der Waals surface area contributed by atoms with Crippen molar-refractivity contribution in [2.24, 2.45) is 0 Å². The molecule has 1 radical (unpaired) electrons. The zero-order valence-electron chi connectivity index (χ0n) is 10.7. The van der Waals surface area contributed by atoms with Gasteiger partial charge in [-0.05, 0) is 38.0 Å². The zero-order chi connectivity index (χ0) is 11.1. The van der Waals surface area contributed by atoms with E-state index in [0.717, 1.165) is 0 Å². The van der Waals surface area contributed by atoms with Gasteiger partial charge in [0.2, 0.25) is 0 Å². The number of hydrogen-bond acceptors (Lipinski definition) is 0. The predicted molar refractivity (Wildman–Crippen MR) is 68.1 cm³/mol. The Labute approximate surface area is 90.1 Å². The molecule has 0 saturated carbocycles. The maximum absolute atomic E-state index is 2.45. The van der Waals surface area contributed by atoms with Crippen molar-refractivity contribution >= 4 is 8.07 Å². The van der Waals surface area contributed by atoms with E-state index in [1.165, 1.54) is 17.2 Å². The second kappa shape index (κ2) is 3.69. The van der Waals surface area contributed by atoms with E-state index in [0.29, 0.717) is 0 Å². The molecular formula is C13H23Si. The molecule has 1 aliphatic carbocycles. The summed E-state index contributed by atoms with van der Waals surface area (Å²) in [6.07, 6.45) is 0. The van der Waals surface area contributed by atoms with Crippen molar-refractivity contribution in [3.8, 4) is 0 Å². The van der Waals surface area contributed by atoms with E-state index < -0.39 is 8.07 Å². The summed E-state index contributed by atoms with van der Waals surface area (Å²) >= 11 is 0. The number of hydrogen-bond donors (Lipinski definition) is 0. The van der Waals surface area contributed by atoms with Crippen LogP contribution in [-0.4, -0.2) is 8.07 Å².